The van der Waals surface area contributed by atoms with Crippen LogP contribution in [0, 0.1) is 0 Å². The smallest absolute Gasteiger partial charge is 0.445 e. The number of halogens is 3. The maximum absolute atomic E-state index is 12.3. The van der Waals surface area contributed by atoms with Crippen LogP contribution in [0.2, 0.25) is 0 Å². The maximum Gasteiger partial charge on any atom is 1.00 e. The number of fused-ring (bicyclic) bond motifs is 1. The van der Waals surface area contributed by atoms with Crippen LogP contribution in [0.1, 0.15) is 0 Å². The Morgan fingerprint density at radius 2 is 1.79 bits per heavy atom. The molecule has 1 aromatic heterocycles. The normalized spacial score (nSPS) is 11.4. The summed E-state index contributed by atoms with van der Waals surface area (Å²) in [5, 5.41) is 0.594. The molecule has 0 aliphatic rings. The molecule has 1 N–H and O–H groups in total. The molecule has 0 aliphatic carbocycles. The summed E-state index contributed by atoms with van der Waals surface area (Å²) in [6.07, 6.45) is 1.62. The van der Waals surface area contributed by atoms with Gasteiger partial charge in [-0.05, 0) is 17.5 Å². The molecule has 1 aromatic carbocycles. The summed E-state index contributed by atoms with van der Waals surface area (Å²) < 4.78 is 36.8. The van der Waals surface area contributed by atoms with Gasteiger partial charge in [-0.2, -0.15) is 0 Å². The number of nitrogens with one attached hydrogen (secondary N) is 1. The van der Waals surface area contributed by atoms with Crippen molar-refractivity contribution in [2.24, 2.45) is 0 Å². The molecule has 0 atom stereocenters. The van der Waals surface area contributed by atoms with E-state index in [4.69, 9.17) is 0 Å². The fourth-order valence-electron chi connectivity index (χ4n) is 1.28. The van der Waals surface area contributed by atoms with Gasteiger partial charge in [0.1, 0.15) is 0 Å². The van der Waals surface area contributed by atoms with Crippen LogP contribution in [-0.2, 0) is 0 Å². The minimum atomic E-state index is -4.88. The largest absolute Gasteiger partial charge is 1.00 e. The molecule has 0 radical (unpaired) electrons. The third kappa shape index (κ3) is 2.43. The van der Waals surface area contributed by atoms with Gasteiger partial charge >= 0.3 is 58.4 Å². The van der Waals surface area contributed by atoms with Gasteiger partial charge in [0, 0.05) is 11.7 Å². The van der Waals surface area contributed by atoms with Crippen molar-refractivity contribution in [2.75, 3.05) is 0 Å². The maximum atomic E-state index is 12.3. The topological polar surface area (TPSA) is 15.8 Å². The summed E-state index contributed by atoms with van der Waals surface area (Å²) in [5.41, 5.74) is 0.177. The van der Waals surface area contributed by atoms with E-state index in [2.05, 4.69) is 4.98 Å². The molecule has 1 nitrogen and oxygen atoms in total. The molecule has 0 saturated carbocycles. The van der Waals surface area contributed by atoms with Gasteiger partial charge in [-0.15, -0.1) is 5.46 Å². The predicted octanol–water partition coefficient (Wildman–Crippen LogP) is -0.774. The van der Waals surface area contributed by atoms with Crippen LogP contribution in [-0.4, -0.2) is 12.0 Å². The van der Waals surface area contributed by atoms with Crippen LogP contribution in [0.15, 0.2) is 30.5 Å². The summed E-state index contributed by atoms with van der Waals surface area (Å²) in [4.78, 5) is 2.84. The Bertz CT molecular complexity index is 437. The standard InChI is InChI=1S/C8H6BF3N.K/c10-9(11,12)7-1-2-8-6(5-7)3-4-13-8;/h1-5,13H;/q-1;+1. The van der Waals surface area contributed by atoms with Gasteiger partial charge in [0.05, 0.1) is 0 Å². The number of rotatable bonds is 1. The zero-order valence-electron chi connectivity index (χ0n) is 7.60. The van der Waals surface area contributed by atoms with E-state index in [-0.39, 0.29) is 51.4 Å². The van der Waals surface area contributed by atoms with Gasteiger partial charge in [-0.25, -0.2) is 0 Å². The molecule has 6 heteroatoms. The summed E-state index contributed by atoms with van der Waals surface area (Å²) in [6, 6.07) is 5.32. The van der Waals surface area contributed by atoms with Gasteiger partial charge in [0.15, 0.2) is 0 Å². The third-order valence-corrected chi connectivity index (χ3v) is 1.96. The first-order chi connectivity index (χ1) is 6.07. The van der Waals surface area contributed by atoms with E-state index in [1.54, 1.807) is 12.3 Å². The first-order valence-corrected chi connectivity index (χ1v) is 3.84. The summed E-state index contributed by atoms with van der Waals surface area (Å²) in [6.45, 7) is -4.88. The van der Waals surface area contributed by atoms with E-state index in [0.29, 0.717) is 5.39 Å². The van der Waals surface area contributed by atoms with Crippen molar-refractivity contribution in [3.63, 3.8) is 0 Å². The molecule has 2 rings (SSSR count). The Labute approximate surface area is 122 Å². The zero-order valence-corrected chi connectivity index (χ0v) is 10.7. The number of benzene rings is 1. The Balaban J connectivity index is 0.000000980. The van der Waals surface area contributed by atoms with Gasteiger partial charge in [0.25, 0.3) is 0 Å². The van der Waals surface area contributed by atoms with Crippen molar-refractivity contribution in [1.29, 1.82) is 0 Å². The molecule has 0 saturated heterocycles. The van der Waals surface area contributed by atoms with Crippen molar-refractivity contribution >= 4 is 23.3 Å². The van der Waals surface area contributed by atoms with Crippen molar-refractivity contribution in [3.05, 3.63) is 30.5 Å². The average Bonchev–Trinajstić information content (AvgIpc) is 2.47. The van der Waals surface area contributed by atoms with Gasteiger partial charge in [-0.3, -0.25) is 0 Å². The number of aromatic nitrogens is 1. The number of aromatic amines is 1. The minimum Gasteiger partial charge on any atom is -0.445 e. The number of hydrogen-bond donors (Lipinski definition) is 1. The molecule has 14 heavy (non-hydrogen) atoms. The van der Waals surface area contributed by atoms with E-state index in [9.17, 15) is 12.9 Å². The van der Waals surface area contributed by atoms with Crippen molar-refractivity contribution < 1.29 is 64.3 Å². The molecule has 2 aromatic rings. The molecule has 68 valence electrons. The minimum absolute atomic E-state index is 0. The second kappa shape index (κ2) is 4.40. The van der Waals surface area contributed by atoms with E-state index in [0.717, 1.165) is 17.6 Å². The second-order valence-corrected chi connectivity index (χ2v) is 2.90. The van der Waals surface area contributed by atoms with Crippen molar-refractivity contribution in [1.82, 2.24) is 4.98 Å². The first kappa shape index (κ1) is 12.3. The Morgan fingerprint density at radius 1 is 1.07 bits per heavy atom. The molecule has 0 aliphatic heterocycles. The average molecular weight is 223 g/mol. The third-order valence-electron chi connectivity index (χ3n) is 1.96. The van der Waals surface area contributed by atoms with Crippen molar-refractivity contribution in [2.45, 2.75) is 0 Å². The van der Waals surface area contributed by atoms with Gasteiger partial charge < -0.3 is 17.9 Å². The molecule has 1 heterocycles. The first-order valence-electron chi connectivity index (χ1n) is 3.84. The Hall–Kier alpha value is 0.251. The Morgan fingerprint density at radius 3 is 2.43 bits per heavy atom. The van der Waals surface area contributed by atoms with Gasteiger partial charge in [0.2, 0.25) is 0 Å². The monoisotopic (exact) mass is 223 g/mol. The van der Waals surface area contributed by atoms with E-state index in [1.807, 2.05) is 0 Å². The van der Waals surface area contributed by atoms with Gasteiger partial charge in [-0.1, -0.05) is 12.1 Å². The summed E-state index contributed by atoms with van der Waals surface area (Å²) >= 11 is 0. The fraction of sp³-hybridized carbons (Fsp3) is 0. The quantitative estimate of drug-likeness (QED) is 0.611. The summed E-state index contributed by atoms with van der Waals surface area (Å²) in [5.74, 6) is 0. The molecular formula is C8H6BF3KN. The molecule has 0 amide bonds. The van der Waals surface area contributed by atoms with Crippen LogP contribution in [0.25, 0.3) is 10.9 Å². The van der Waals surface area contributed by atoms with Crippen LogP contribution in [0.4, 0.5) is 12.9 Å². The summed E-state index contributed by atoms with van der Waals surface area (Å²) in [7, 11) is 0. The Kier molecular flexibility index (Phi) is 3.88. The molecule has 0 fully saturated rings. The number of hydrogen-bond acceptors (Lipinski definition) is 0. The number of H-pyrrole nitrogens is 1. The van der Waals surface area contributed by atoms with Crippen LogP contribution >= 0.6 is 0 Å². The molecule has 0 bridgehead atoms. The van der Waals surface area contributed by atoms with E-state index >= 15 is 0 Å². The SMILES string of the molecule is F[B-](F)(F)c1ccc2[nH]ccc2c1.[K+]. The van der Waals surface area contributed by atoms with Crippen LogP contribution < -0.4 is 56.8 Å². The second-order valence-electron chi connectivity index (χ2n) is 2.90. The molecular weight excluding hydrogens is 217 g/mol. The fourth-order valence-corrected chi connectivity index (χ4v) is 1.28. The zero-order chi connectivity index (χ0) is 9.47. The van der Waals surface area contributed by atoms with Crippen LogP contribution in [0.3, 0.4) is 0 Å². The van der Waals surface area contributed by atoms with E-state index in [1.165, 1.54) is 6.07 Å². The van der Waals surface area contributed by atoms with Crippen molar-refractivity contribution in [3.8, 4) is 0 Å². The predicted molar refractivity (Wildman–Crippen MR) is 47.0 cm³/mol. The van der Waals surface area contributed by atoms with E-state index < -0.39 is 12.4 Å². The van der Waals surface area contributed by atoms with Crippen LogP contribution in [0.5, 0.6) is 0 Å². The molecule has 0 spiro atoms. The molecule has 0 unspecified atom stereocenters.